The normalized spacial score (nSPS) is 16.2. The van der Waals surface area contributed by atoms with Crippen molar-refractivity contribution in [2.75, 3.05) is 18.5 Å². The molecule has 2 rings (SSSR count). The molecular weight excluding hydrogens is 222 g/mol. The average molecular weight is 247 g/mol. The summed E-state index contributed by atoms with van der Waals surface area (Å²) in [6.07, 6.45) is 7.47. The maximum atomic E-state index is 4.44. The van der Waals surface area contributed by atoms with E-state index in [0.29, 0.717) is 0 Å². The summed E-state index contributed by atoms with van der Waals surface area (Å²) in [5, 5.41) is 3.25. The second kappa shape index (κ2) is 6.19. The fraction of sp³-hybridized carbons (Fsp3) is 0.667. The molecule has 1 heterocycles. The summed E-state index contributed by atoms with van der Waals surface area (Å²) in [4.78, 5) is 7.01. The quantitative estimate of drug-likeness (QED) is 0.867. The molecule has 0 atom stereocenters. The minimum absolute atomic E-state index is 0.729. The summed E-state index contributed by atoms with van der Waals surface area (Å²) in [5.74, 6) is 0. The van der Waals surface area contributed by atoms with Crippen molar-refractivity contribution in [1.82, 2.24) is 10.3 Å². The van der Waals surface area contributed by atoms with Crippen LogP contribution in [-0.4, -0.2) is 24.6 Å². The van der Waals surface area contributed by atoms with Crippen LogP contribution in [0.25, 0.3) is 0 Å². The number of aromatic nitrogens is 1. The van der Waals surface area contributed by atoms with Gasteiger partial charge in [0.05, 0.1) is 0 Å². The highest BCUT2D eigenvalue weighted by Gasteiger charge is 2.23. The first kappa shape index (κ1) is 13.3. The standard InChI is InChI=1S/C15H25N3/c1-4-18(14-7-5-6-8-14)15-9-12(2)17-11-13(15)10-16-3/h9,11,14,16H,4-8,10H2,1-3H3. The Balaban J connectivity index is 2.29. The molecule has 18 heavy (non-hydrogen) atoms. The first-order valence-corrected chi connectivity index (χ1v) is 7.13. The number of pyridine rings is 1. The van der Waals surface area contributed by atoms with Crippen LogP contribution in [0.4, 0.5) is 5.69 Å². The summed E-state index contributed by atoms with van der Waals surface area (Å²) >= 11 is 0. The molecule has 100 valence electrons. The Labute approximate surface area is 111 Å². The molecule has 0 aliphatic heterocycles. The molecule has 3 heteroatoms. The van der Waals surface area contributed by atoms with Gasteiger partial charge in [0.2, 0.25) is 0 Å². The molecule has 1 saturated carbocycles. The van der Waals surface area contributed by atoms with Gasteiger partial charge in [-0.05, 0) is 39.8 Å². The largest absolute Gasteiger partial charge is 0.368 e. The fourth-order valence-corrected chi connectivity index (χ4v) is 3.01. The molecule has 0 spiro atoms. The summed E-state index contributed by atoms with van der Waals surface area (Å²) in [5.41, 5.74) is 3.81. The van der Waals surface area contributed by atoms with Crippen LogP contribution in [0.1, 0.15) is 43.9 Å². The van der Waals surface area contributed by atoms with Gasteiger partial charge in [-0.2, -0.15) is 0 Å². The van der Waals surface area contributed by atoms with Crippen molar-refractivity contribution in [2.24, 2.45) is 0 Å². The molecule has 1 aromatic rings. The Morgan fingerprint density at radius 1 is 1.39 bits per heavy atom. The van der Waals surface area contributed by atoms with Gasteiger partial charge in [-0.15, -0.1) is 0 Å². The van der Waals surface area contributed by atoms with Crippen molar-refractivity contribution < 1.29 is 0 Å². The minimum atomic E-state index is 0.729. The van der Waals surface area contributed by atoms with E-state index >= 15 is 0 Å². The SMILES string of the molecule is CCN(c1cc(C)ncc1CNC)C1CCCC1. The number of hydrogen-bond donors (Lipinski definition) is 1. The monoisotopic (exact) mass is 247 g/mol. The van der Waals surface area contributed by atoms with Crippen LogP contribution in [0.3, 0.4) is 0 Å². The molecule has 3 nitrogen and oxygen atoms in total. The van der Waals surface area contributed by atoms with Gasteiger partial charge in [0, 0.05) is 42.3 Å². The Hall–Kier alpha value is -1.09. The van der Waals surface area contributed by atoms with Gasteiger partial charge in [-0.25, -0.2) is 0 Å². The zero-order valence-corrected chi connectivity index (χ0v) is 11.9. The zero-order chi connectivity index (χ0) is 13.0. The summed E-state index contributed by atoms with van der Waals surface area (Å²) < 4.78 is 0. The molecular formula is C15H25N3. The molecule has 0 unspecified atom stereocenters. The predicted octanol–water partition coefficient (Wildman–Crippen LogP) is 2.88. The van der Waals surface area contributed by atoms with Crippen LogP contribution in [0.2, 0.25) is 0 Å². The molecule has 0 bridgehead atoms. The van der Waals surface area contributed by atoms with E-state index in [4.69, 9.17) is 0 Å². The first-order chi connectivity index (χ1) is 8.76. The van der Waals surface area contributed by atoms with E-state index in [-0.39, 0.29) is 0 Å². The van der Waals surface area contributed by atoms with Gasteiger partial charge >= 0.3 is 0 Å². The van der Waals surface area contributed by atoms with Crippen LogP contribution in [0.15, 0.2) is 12.3 Å². The van der Waals surface area contributed by atoms with E-state index in [0.717, 1.165) is 24.8 Å². The van der Waals surface area contributed by atoms with E-state index in [1.54, 1.807) is 0 Å². The molecule has 1 aromatic heterocycles. The van der Waals surface area contributed by atoms with Crippen LogP contribution in [0.5, 0.6) is 0 Å². The molecule has 0 aromatic carbocycles. The Morgan fingerprint density at radius 2 is 2.11 bits per heavy atom. The maximum Gasteiger partial charge on any atom is 0.0447 e. The lowest BCUT2D eigenvalue weighted by atomic mass is 10.1. The van der Waals surface area contributed by atoms with Gasteiger partial charge in [0.1, 0.15) is 0 Å². The summed E-state index contributed by atoms with van der Waals surface area (Å²) in [6, 6.07) is 2.97. The van der Waals surface area contributed by atoms with Crippen LogP contribution in [-0.2, 0) is 6.54 Å². The van der Waals surface area contributed by atoms with Gasteiger partial charge in [-0.1, -0.05) is 12.8 Å². The zero-order valence-electron chi connectivity index (χ0n) is 11.9. The smallest absolute Gasteiger partial charge is 0.0447 e. The van der Waals surface area contributed by atoms with Crippen molar-refractivity contribution in [3.8, 4) is 0 Å². The number of anilines is 1. The third kappa shape index (κ3) is 2.83. The highest BCUT2D eigenvalue weighted by molar-refractivity contribution is 5.54. The lowest BCUT2D eigenvalue weighted by Gasteiger charge is -2.32. The van der Waals surface area contributed by atoms with Gasteiger partial charge < -0.3 is 10.2 Å². The topological polar surface area (TPSA) is 28.2 Å². The first-order valence-electron chi connectivity index (χ1n) is 7.13. The Morgan fingerprint density at radius 3 is 2.72 bits per heavy atom. The number of nitrogens with one attached hydrogen (secondary N) is 1. The fourth-order valence-electron chi connectivity index (χ4n) is 3.01. The van der Waals surface area contributed by atoms with E-state index < -0.39 is 0 Å². The van der Waals surface area contributed by atoms with E-state index in [2.05, 4.69) is 35.1 Å². The second-order valence-corrected chi connectivity index (χ2v) is 5.21. The minimum Gasteiger partial charge on any atom is -0.368 e. The molecule has 1 aliphatic carbocycles. The summed E-state index contributed by atoms with van der Waals surface area (Å²) in [7, 11) is 2.00. The Bertz CT molecular complexity index is 383. The van der Waals surface area contributed by atoms with Crippen molar-refractivity contribution in [1.29, 1.82) is 0 Å². The molecule has 0 radical (unpaired) electrons. The number of rotatable bonds is 5. The molecule has 1 aliphatic rings. The van der Waals surface area contributed by atoms with Crippen molar-refractivity contribution in [3.63, 3.8) is 0 Å². The van der Waals surface area contributed by atoms with Crippen LogP contribution < -0.4 is 10.2 Å². The summed E-state index contributed by atoms with van der Waals surface area (Å²) in [6.45, 7) is 6.32. The van der Waals surface area contributed by atoms with E-state index in [1.165, 1.54) is 36.9 Å². The van der Waals surface area contributed by atoms with Crippen LogP contribution >= 0.6 is 0 Å². The highest BCUT2D eigenvalue weighted by Crippen LogP contribution is 2.30. The average Bonchev–Trinajstić information content (AvgIpc) is 2.87. The Kier molecular flexibility index (Phi) is 4.59. The number of nitrogens with zero attached hydrogens (tertiary/aromatic N) is 2. The highest BCUT2D eigenvalue weighted by atomic mass is 15.2. The van der Waals surface area contributed by atoms with Gasteiger partial charge in [0.25, 0.3) is 0 Å². The lowest BCUT2D eigenvalue weighted by molar-refractivity contribution is 0.615. The van der Waals surface area contributed by atoms with Crippen LogP contribution in [0, 0.1) is 6.92 Å². The predicted molar refractivity (Wildman–Crippen MR) is 77.0 cm³/mol. The second-order valence-electron chi connectivity index (χ2n) is 5.21. The van der Waals surface area contributed by atoms with Gasteiger partial charge in [0.15, 0.2) is 0 Å². The van der Waals surface area contributed by atoms with Gasteiger partial charge in [-0.3, -0.25) is 4.98 Å². The molecule has 0 saturated heterocycles. The van der Waals surface area contributed by atoms with Crippen molar-refractivity contribution in [2.45, 2.75) is 52.1 Å². The third-order valence-corrected chi connectivity index (χ3v) is 3.88. The number of hydrogen-bond acceptors (Lipinski definition) is 3. The lowest BCUT2D eigenvalue weighted by Crippen LogP contribution is -2.34. The van der Waals surface area contributed by atoms with E-state index in [1.807, 2.05) is 13.2 Å². The third-order valence-electron chi connectivity index (χ3n) is 3.88. The maximum absolute atomic E-state index is 4.44. The number of aryl methyl sites for hydroxylation is 1. The molecule has 1 fully saturated rings. The molecule has 0 amide bonds. The van der Waals surface area contributed by atoms with Crippen molar-refractivity contribution >= 4 is 5.69 Å². The van der Waals surface area contributed by atoms with Crippen molar-refractivity contribution in [3.05, 3.63) is 23.5 Å². The van der Waals surface area contributed by atoms with E-state index in [9.17, 15) is 0 Å². The molecule has 1 N–H and O–H groups in total.